The largest absolute Gasteiger partial charge is 0.369 e. The highest BCUT2D eigenvalue weighted by atomic mass is 15.2. The Morgan fingerprint density at radius 1 is 1.29 bits per heavy atom. The summed E-state index contributed by atoms with van der Waals surface area (Å²) in [5, 5.41) is 11.5. The van der Waals surface area contributed by atoms with Gasteiger partial charge in [-0.3, -0.25) is 0 Å². The molecule has 94 valence electrons. The number of hydrogen-bond acceptors (Lipinski definition) is 4. The summed E-state index contributed by atoms with van der Waals surface area (Å²) in [4.78, 5) is 2.41. The van der Waals surface area contributed by atoms with Crippen LogP contribution in [0.15, 0.2) is 12.1 Å². The van der Waals surface area contributed by atoms with Crippen molar-refractivity contribution in [2.75, 3.05) is 32.0 Å². The zero-order valence-corrected chi connectivity index (χ0v) is 10.8. The molecule has 1 fully saturated rings. The lowest BCUT2D eigenvalue weighted by Gasteiger charge is -2.28. The predicted octanol–water partition coefficient (Wildman–Crippen LogP) is 1.93. The summed E-state index contributed by atoms with van der Waals surface area (Å²) >= 11 is 0. The Morgan fingerprint density at radius 2 is 2.06 bits per heavy atom. The van der Waals surface area contributed by atoms with E-state index in [0.717, 1.165) is 24.0 Å². The summed E-state index contributed by atoms with van der Waals surface area (Å²) in [5.74, 6) is 1.76. The second-order valence-corrected chi connectivity index (χ2v) is 5.02. The van der Waals surface area contributed by atoms with Crippen LogP contribution in [0.1, 0.15) is 25.0 Å². The molecule has 17 heavy (non-hydrogen) atoms. The van der Waals surface area contributed by atoms with Gasteiger partial charge < -0.3 is 10.2 Å². The third kappa shape index (κ3) is 3.97. The van der Waals surface area contributed by atoms with Gasteiger partial charge in [-0.05, 0) is 64.4 Å². The average molecular weight is 234 g/mol. The summed E-state index contributed by atoms with van der Waals surface area (Å²) in [6.07, 6.45) is 3.90. The average Bonchev–Trinajstić information content (AvgIpc) is 2.34. The van der Waals surface area contributed by atoms with Gasteiger partial charge in [0.2, 0.25) is 0 Å². The van der Waals surface area contributed by atoms with Crippen LogP contribution in [0.25, 0.3) is 0 Å². The summed E-state index contributed by atoms with van der Waals surface area (Å²) < 4.78 is 0. The van der Waals surface area contributed by atoms with Crippen LogP contribution in [-0.2, 0) is 0 Å². The molecule has 0 saturated carbocycles. The number of aryl methyl sites for hydroxylation is 1. The van der Waals surface area contributed by atoms with E-state index in [-0.39, 0.29) is 0 Å². The first kappa shape index (κ1) is 12.3. The van der Waals surface area contributed by atoms with Crippen LogP contribution in [0.2, 0.25) is 0 Å². The van der Waals surface area contributed by atoms with Crippen LogP contribution in [0.3, 0.4) is 0 Å². The number of aromatic nitrogens is 2. The van der Waals surface area contributed by atoms with Gasteiger partial charge in [0.15, 0.2) is 0 Å². The quantitative estimate of drug-likeness (QED) is 0.864. The van der Waals surface area contributed by atoms with Gasteiger partial charge >= 0.3 is 0 Å². The molecule has 0 bridgehead atoms. The Balaban J connectivity index is 1.67. The second kappa shape index (κ2) is 5.96. The molecule has 1 saturated heterocycles. The predicted molar refractivity (Wildman–Crippen MR) is 70.1 cm³/mol. The van der Waals surface area contributed by atoms with E-state index in [1.165, 1.54) is 32.4 Å². The first-order valence-corrected chi connectivity index (χ1v) is 6.47. The molecule has 2 heterocycles. The molecular weight excluding hydrogens is 212 g/mol. The van der Waals surface area contributed by atoms with Gasteiger partial charge in [-0.25, -0.2) is 0 Å². The highest BCUT2D eigenvalue weighted by Gasteiger charge is 2.15. The fourth-order valence-electron chi connectivity index (χ4n) is 2.25. The van der Waals surface area contributed by atoms with E-state index in [9.17, 15) is 0 Å². The fraction of sp³-hybridized carbons (Fsp3) is 0.692. The molecule has 0 radical (unpaired) electrons. The summed E-state index contributed by atoms with van der Waals surface area (Å²) in [6.45, 7) is 5.45. The first-order chi connectivity index (χ1) is 8.24. The van der Waals surface area contributed by atoms with Crippen molar-refractivity contribution in [2.45, 2.75) is 26.2 Å². The van der Waals surface area contributed by atoms with E-state index in [1.54, 1.807) is 0 Å². The minimum Gasteiger partial charge on any atom is -0.369 e. The highest BCUT2D eigenvalue weighted by Crippen LogP contribution is 2.19. The van der Waals surface area contributed by atoms with Gasteiger partial charge in [-0.1, -0.05) is 0 Å². The Labute approximate surface area is 103 Å². The van der Waals surface area contributed by atoms with Crippen molar-refractivity contribution in [3.05, 3.63) is 17.8 Å². The Kier molecular flexibility index (Phi) is 4.31. The lowest BCUT2D eigenvalue weighted by atomic mass is 9.94. The Bertz CT molecular complexity index is 328. The van der Waals surface area contributed by atoms with Gasteiger partial charge in [0.25, 0.3) is 0 Å². The van der Waals surface area contributed by atoms with Crippen LogP contribution in [-0.4, -0.2) is 41.8 Å². The van der Waals surface area contributed by atoms with Crippen molar-refractivity contribution in [2.24, 2.45) is 5.92 Å². The molecule has 2 rings (SSSR count). The molecule has 0 spiro atoms. The molecule has 0 aliphatic carbocycles. The van der Waals surface area contributed by atoms with Crippen molar-refractivity contribution in [3.63, 3.8) is 0 Å². The van der Waals surface area contributed by atoms with Gasteiger partial charge in [-0.2, -0.15) is 5.10 Å². The number of piperidine rings is 1. The SMILES string of the molecule is Cc1ccc(NCCC2CCN(C)CC2)nn1. The third-order valence-corrected chi connectivity index (χ3v) is 3.49. The van der Waals surface area contributed by atoms with Crippen LogP contribution in [0.4, 0.5) is 5.82 Å². The first-order valence-electron chi connectivity index (χ1n) is 6.47. The number of rotatable bonds is 4. The second-order valence-electron chi connectivity index (χ2n) is 5.02. The van der Waals surface area contributed by atoms with Gasteiger partial charge in [0.05, 0.1) is 5.69 Å². The van der Waals surface area contributed by atoms with Crippen molar-refractivity contribution in [1.29, 1.82) is 0 Å². The molecule has 0 amide bonds. The van der Waals surface area contributed by atoms with Crippen LogP contribution < -0.4 is 5.32 Å². The van der Waals surface area contributed by atoms with E-state index in [4.69, 9.17) is 0 Å². The topological polar surface area (TPSA) is 41.0 Å². The number of nitrogens with zero attached hydrogens (tertiary/aromatic N) is 3. The summed E-state index contributed by atoms with van der Waals surface area (Å²) in [6, 6.07) is 3.99. The lowest BCUT2D eigenvalue weighted by Crippen LogP contribution is -2.30. The number of nitrogens with one attached hydrogen (secondary N) is 1. The monoisotopic (exact) mass is 234 g/mol. The van der Waals surface area contributed by atoms with Crippen molar-refractivity contribution in [3.8, 4) is 0 Å². The van der Waals surface area contributed by atoms with Gasteiger partial charge in [0, 0.05) is 6.54 Å². The molecule has 0 atom stereocenters. The van der Waals surface area contributed by atoms with Gasteiger partial charge in [-0.15, -0.1) is 5.10 Å². The zero-order chi connectivity index (χ0) is 12.1. The summed E-state index contributed by atoms with van der Waals surface area (Å²) in [5.41, 5.74) is 0.964. The van der Waals surface area contributed by atoms with Crippen molar-refractivity contribution in [1.82, 2.24) is 15.1 Å². The summed E-state index contributed by atoms with van der Waals surface area (Å²) in [7, 11) is 2.20. The molecule has 4 heteroatoms. The van der Waals surface area contributed by atoms with E-state index >= 15 is 0 Å². The molecule has 1 aliphatic heterocycles. The molecule has 1 aromatic heterocycles. The maximum absolute atomic E-state index is 4.10. The molecule has 4 nitrogen and oxygen atoms in total. The van der Waals surface area contributed by atoms with E-state index in [2.05, 4.69) is 27.5 Å². The Hall–Kier alpha value is -1.16. The fourth-order valence-corrected chi connectivity index (χ4v) is 2.25. The van der Waals surface area contributed by atoms with Crippen molar-refractivity contribution < 1.29 is 0 Å². The van der Waals surface area contributed by atoms with Crippen LogP contribution in [0, 0.1) is 12.8 Å². The van der Waals surface area contributed by atoms with E-state index in [0.29, 0.717) is 0 Å². The molecule has 1 aromatic rings. The zero-order valence-electron chi connectivity index (χ0n) is 10.8. The maximum Gasteiger partial charge on any atom is 0.148 e. The number of anilines is 1. The smallest absolute Gasteiger partial charge is 0.148 e. The van der Waals surface area contributed by atoms with Crippen LogP contribution >= 0.6 is 0 Å². The maximum atomic E-state index is 4.10. The van der Waals surface area contributed by atoms with E-state index in [1.807, 2.05) is 19.1 Å². The van der Waals surface area contributed by atoms with Crippen LogP contribution in [0.5, 0.6) is 0 Å². The standard InChI is InChI=1S/C13H22N4/c1-11-3-4-13(16-15-11)14-8-5-12-6-9-17(2)10-7-12/h3-4,12H,5-10H2,1-2H3,(H,14,16). The normalized spacial score (nSPS) is 18.2. The van der Waals surface area contributed by atoms with E-state index < -0.39 is 0 Å². The minimum absolute atomic E-state index is 0.872. The minimum atomic E-state index is 0.872. The molecule has 1 N–H and O–H groups in total. The van der Waals surface area contributed by atoms with Gasteiger partial charge in [0.1, 0.15) is 5.82 Å². The highest BCUT2D eigenvalue weighted by molar-refractivity contribution is 5.32. The number of likely N-dealkylation sites (tertiary alicyclic amines) is 1. The third-order valence-electron chi connectivity index (χ3n) is 3.49. The lowest BCUT2D eigenvalue weighted by molar-refractivity contribution is 0.215. The molecule has 0 unspecified atom stereocenters. The molecule has 1 aliphatic rings. The van der Waals surface area contributed by atoms with Crippen molar-refractivity contribution >= 4 is 5.82 Å². The molecular formula is C13H22N4. The molecule has 0 aromatic carbocycles. The Morgan fingerprint density at radius 3 is 2.71 bits per heavy atom. The number of hydrogen-bond donors (Lipinski definition) is 1.